The maximum Gasteiger partial charge on any atom is 0.355 e. The van der Waals surface area contributed by atoms with Gasteiger partial charge in [0, 0.05) is 0 Å². The third-order valence-electron chi connectivity index (χ3n) is 0.628. The maximum absolute atomic E-state index is 9.75. The normalized spacial score (nSPS) is 25.2. The summed E-state index contributed by atoms with van der Waals surface area (Å²) in [7, 11) is 0. The van der Waals surface area contributed by atoms with Gasteiger partial charge in [-0.3, -0.25) is 10.1 Å². The highest BCUT2D eigenvalue weighted by Gasteiger charge is 2.24. The summed E-state index contributed by atoms with van der Waals surface area (Å²) in [5.74, 6) is 0. The van der Waals surface area contributed by atoms with Crippen LogP contribution < -0.4 is 0 Å². The largest absolute Gasteiger partial charge is 0.458 e. The summed E-state index contributed by atoms with van der Waals surface area (Å²) in [5.41, 5.74) is 0. The van der Waals surface area contributed by atoms with Gasteiger partial charge in [0.15, 0.2) is 6.40 Å². The predicted octanol–water partition coefficient (Wildman–Crippen LogP) is -0.314. The monoisotopic (exact) mass is 114 g/mol. The molecule has 1 unspecified atom stereocenters. The molecule has 1 heterocycles. The minimum atomic E-state index is -1.12. The molecule has 5 nitrogen and oxygen atoms in total. The molecule has 0 aromatic heterocycles. The molecule has 5 heteroatoms. The van der Waals surface area contributed by atoms with Crippen LogP contribution in [0.4, 0.5) is 0 Å². The first-order valence-corrected chi connectivity index (χ1v) is 1.87. The molecule has 0 aromatic rings. The number of nitro groups is 1. The number of nitrogens with zero attached hydrogens (tertiary/aromatic N) is 2. The lowest BCUT2D eigenvalue weighted by Gasteiger charge is -1.89. The second-order valence-electron chi connectivity index (χ2n) is 1.15. The Morgan fingerprint density at radius 1 is 2.00 bits per heavy atom. The number of rotatable bonds is 1. The minimum Gasteiger partial charge on any atom is -0.458 e. The van der Waals surface area contributed by atoms with E-state index in [-0.39, 0.29) is 0 Å². The molecule has 42 valence electrons. The van der Waals surface area contributed by atoms with Crippen molar-refractivity contribution < 1.29 is 9.66 Å². The van der Waals surface area contributed by atoms with Crippen molar-refractivity contribution >= 4 is 6.40 Å². The molecule has 1 atom stereocenters. The van der Waals surface area contributed by atoms with E-state index in [1.807, 2.05) is 6.61 Å². The molecule has 0 N–H and O–H groups in total. The SMILES string of the molecule is O=[N+]([O-])C1[C]OC=N1. The van der Waals surface area contributed by atoms with Gasteiger partial charge in [0.2, 0.25) is 0 Å². The van der Waals surface area contributed by atoms with Crippen LogP contribution in [0, 0.1) is 16.7 Å². The van der Waals surface area contributed by atoms with Crippen LogP contribution in [0.2, 0.25) is 0 Å². The average Bonchev–Trinajstić information content (AvgIpc) is 2.12. The summed E-state index contributed by atoms with van der Waals surface area (Å²) in [6.45, 7) is 2.03. The van der Waals surface area contributed by atoms with Gasteiger partial charge in [-0.2, -0.15) is 4.99 Å². The van der Waals surface area contributed by atoms with E-state index in [2.05, 4.69) is 9.73 Å². The molecule has 0 amide bonds. The fraction of sp³-hybridized carbons (Fsp3) is 0.333. The second-order valence-corrected chi connectivity index (χ2v) is 1.15. The Bertz CT molecular complexity index is 132. The Morgan fingerprint density at radius 2 is 2.75 bits per heavy atom. The van der Waals surface area contributed by atoms with Crippen LogP contribution in [-0.4, -0.2) is 17.5 Å². The zero-order valence-electron chi connectivity index (χ0n) is 3.77. The van der Waals surface area contributed by atoms with Crippen molar-refractivity contribution in [1.82, 2.24) is 0 Å². The van der Waals surface area contributed by atoms with Crippen LogP contribution in [0.1, 0.15) is 0 Å². The summed E-state index contributed by atoms with van der Waals surface area (Å²) in [6, 6.07) is 0. The summed E-state index contributed by atoms with van der Waals surface area (Å²) >= 11 is 0. The molecular formula is C3H2N2O3. The summed E-state index contributed by atoms with van der Waals surface area (Å²) in [4.78, 5) is 12.4. The van der Waals surface area contributed by atoms with E-state index in [1.165, 1.54) is 0 Å². The Labute approximate surface area is 45.1 Å². The second kappa shape index (κ2) is 1.77. The molecule has 0 fully saturated rings. The Morgan fingerprint density at radius 3 is 3.00 bits per heavy atom. The Hall–Kier alpha value is -1.13. The van der Waals surface area contributed by atoms with Crippen molar-refractivity contribution in [2.24, 2.45) is 4.99 Å². The molecular weight excluding hydrogens is 112 g/mol. The third-order valence-corrected chi connectivity index (χ3v) is 0.628. The highest BCUT2D eigenvalue weighted by Crippen LogP contribution is 2.02. The Balaban J connectivity index is 2.48. The maximum atomic E-state index is 9.75. The van der Waals surface area contributed by atoms with Gasteiger partial charge >= 0.3 is 12.8 Å². The van der Waals surface area contributed by atoms with Crippen LogP contribution >= 0.6 is 0 Å². The van der Waals surface area contributed by atoms with Crippen molar-refractivity contribution in [3.05, 3.63) is 16.7 Å². The molecule has 1 aliphatic heterocycles. The predicted molar refractivity (Wildman–Crippen MR) is 23.6 cm³/mol. The van der Waals surface area contributed by atoms with Crippen LogP contribution in [0.5, 0.6) is 0 Å². The van der Waals surface area contributed by atoms with Gasteiger partial charge in [-0.1, -0.05) is 0 Å². The highest BCUT2D eigenvalue weighted by molar-refractivity contribution is 5.49. The van der Waals surface area contributed by atoms with Crippen molar-refractivity contribution in [3.8, 4) is 0 Å². The van der Waals surface area contributed by atoms with E-state index in [0.717, 1.165) is 6.40 Å². The first kappa shape index (κ1) is 5.02. The molecule has 8 heavy (non-hydrogen) atoms. The van der Waals surface area contributed by atoms with Crippen molar-refractivity contribution in [1.29, 1.82) is 0 Å². The quantitative estimate of drug-likeness (QED) is 0.347. The van der Waals surface area contributed by atoms with E-state index in [4.69, 9.17) is 0 Å². The third kappa shape index (κ3) is 0.749. The standard InChI is InChI=1S/C3H2N2O3/c6-5(7)3-1-8-2-4-3/h2-3H. The number of hydrogen-bond acceptors (Lipinski definition) is 4. The van der Waals surface area contributed by atoms with Crippen LogP contribution in [0.15, 0.2) is 4.99 Å². The topological polar surface area (TPSA) is 64.7 Å². The zero-order chi connectivity index (χ0) is 5.98. The molecule has 0 spiro atoms. The van der Waals surface area contributed by atoms with Crippen molar-refractivity contribution in [3.63, 3.8) is 0 Å². The van der Waals surface area contributed by atoms with Crippen molar-refractivity contribution in [2.45, 2.75) is 6.17 Å². The van der Waals surface area contributed by atoms with E-state index in [0.29, 0.717) is 0 Å². The molecule has 1 aliphatic rings. The molecule has 0 bridgehead atoms. The number of aliphatic imine (C=N–C) groups is 1. The molecule has 0 aliphatic carbocycles. The fourth-order valence-electron chi connectivity index (χ4n) is 0.307. The Kier molecular flexibility index (Phi) is 1.11. The van der Waals surface area contributed by atoms with E-state index < -0.39 is 11.1 Å². The van der Waals surface area contributed by atoms with Gasteiger partial charge in [-0.15, -0.1) is 0 Å². The zero-order valence-corrected chi connectivity index (χ0v) is 3.77. The van der Waals surface area contributed by atoms with E-state index >= 15 is 0 Å². The van der Waals surface area contributed by atoms with Gasteiger partial charge in [-0.25, -0.2) is 0 Å². The smallest absolute Gasteiger partial charge is 0.355 e. The number of hydrogen-bond donors (Lipinski definition) is 0. The number of ether oxygens (including phenoxy) is 1. The average molecular weight is 114 g/mol. The molecule has 0 saturated heterocycles. The van der Waals surface area contributed by atoms with Crippen LogP contribution in [0.25, 0.3) is 0 Å². The lowest BCUT2D eigenvalue weighted by Crippen LogP contribution is -2.13. The van der Waals surface area contributed by atoms with Crippen LogP contribution in [-0.2, 0) is 4.74 Å². The van der Waals surface area contributed by atoms with Gasteiger partial charge in [0.1, 0.15) is 0 Å². The summed E-state index contributed by atoms with van der Waals surface area (Å²) < 4.78 is 4.24. The van der Waals surface area contributed by atoms with Gasteiger partial charge in [0.25, 0.3) is 0 Å². The van der Waals surface area contributed by atoms with E-state index in [9.17, 15) is 10.1 Å². The fourth-order valence-corrected chi connectivity index (χ4v) is 0.307. The van der Waals surface area contributed by atoms with Gasteiger partial charge in [0.05, 0.1) is 4.92 Å². The van der Waals surface area contributed by atoms with Gasteiger partial charge < -0.3 is 4.74 Å². The lowest BCUT2D eigenvalue weighted by molar-refractivity contribution is -0.513. The molecule has 0 saturated carbocycles. The molecule has 0 aromatic carbocycles. The highest BCUT2D eigenvalue weighted by atomic mass is 16.6. The molecule has 2 radical (unpaired) electrons. The summed E-state index contributed by atoms with van der Waals surface area (Å²) in [5, 5.41) is 9.75. The first-order chi connectivity index (χ1) is 3.80. The van der Waals surface area contributed by atoms with Crippen molar-refractivity contribution in [2.75, 3.05) is 0 Å². The van der Waals surface area contributed by atoms with Crippen LogP contribution in [0.3, 0.4) is 0 Å². The molecule has 1 rings (SSSR count). The minimum absolute atomic E-state index is 0.594. The van der Waals surface area contributed by atoms with E-state index in [1.54, 1.807) is 0 Å². The first-order valence-electron chi connectivity index (χ1n) is 1.87. The lowest BCUT2D eigenvalue weighted by atomic mass is 10.6. The summed E-state index contributed by atoms with van der Waals surface area (Å²) in [6.07, 6.45) is -0.122. The van der Waals surface area contributed by atoms with Gasteiger partial charge in [-0.05, 0) is 0 Å².